The standard InChI is InChI=1S/C19H30N2O/c1-15-7-8-18(17(3)12-15)13-19(22)20-9-5-11-21-10-4-6-16(2)14-21/h7-8,12,16H,4-6,9-11,13-14H2,1-3H3,(H,20,22)/t16-/m0/s1. The lowest BCUT2D eigenvalue weighted by molar-refractivity contribution is -0.120. The van der Waals surface area contributed by atoms with E-state index in [4.69, 9.17) is 0 Å². The zero-order valence-corrected chi connectivity index (χ0v) is 14.3. The number of amides is 1. The normalized spacial score (nSPS) is 19.1. The van der Waals surface area contributed by atoms with E-state index in [0.29, 0.717) is 6.42 Å². The molecule has 0 aliphatic carbocycles. The minimum Gasteiger partial charge on any atom is -0.356 e. The van der Waals surface area contributed by atoms with Crippen LogP contribution in [-0.2, 0) is 11.2 Å². The van der Waals surface area contributed by atoms with Crippen LogP contribution in [0.2, 0.25) is 0 Å². The van der Waals surface area contributed by atoms with E-state index >= 15 is 0 Å². The number of nitrogens with zero attached hydrogens (tertiary/aromatic N) is 1. The molecule has 0 saturated carbocycles. The Bertz CT molecular complexity index is 498. The van der Waals surface area contributed by atoms with Crippen LogP contribution in [0, 0.1) is 19.8 Å². The Hall–Kier alpha value is -1.35. The van der Waals surface area contributed by atoms with Gasteiger partial charge in [-0.05, 0) is 63.2 Å². The number of nitrogens with one attached hydrogen (secondary N) is 1. The van der Waals surface area contributed by atoms with Gasteiger partial charge in [-0.15, -0.1) is 0 Å². The number of piperidine rings is 1. The summed E-state index contributed by atoms with van der Waals surface area (Å²) in [6.07, 6.45) is 4.22. The number of aryl methyl sites for hydroxylation is 2. The first-order valence-electron chi connectivity index (χ1n) is 8.60. The third-order valence-electron chi connectivity index (χ3n) is 4.56. The van der Waals surface area contributed by atoms with E-state index in [2.05, 4.69) is 49.2 Å². The minimum atomic E-state index is 0.138. The fraction of sp³-hybridized carbons (Fsp3) is 0.632. The molecule has 1 aromatic carbocycles. The van der Waals surface area contributed by atoms with Crippen LogP contribution >= 0.6 is 0 Å². The molecule has 0 radical (unpaired) electrons. The monoisotopic (exact) mass is 302 g/mol. The summed E-state index contributed by atoms with van der Waals surface area (Å²) >= 11 is 0. The number of hydrogen-bond acceptors (Lipinski definition) is 2. The lowest BCUT2D eigenvalue weighted by atomic mass is 10.0. The first-order valence-corrected chi connectivity index (χ1v) is 8.60. The van der Waals surface area contributed by atoms with E-state index < -0.39 is 0 Å². The Balaban J connectivity index is 1.65. The van der Waals surface area contributed by atoms with Gasteiger partial charge < -0.3 is 10.2 Å². The van der Waals surface area contributed by atoms with Crippen LogP contribution in [0.4, 0.5) is 0 Å². The number of rotatable bonds is 6. The van der Waals surface area contributed by atoms with E-state index in [0.717, 1.165) is 31.0 Å². The van der Waals surface area contributed by atoms with Crippen molar-refractivity contribution < 1.29 is 4.79 Å². The van der Waals surface area contributed by atoms with Crippen LogP contribution in [0.15, 0.2) is 18.2 Å². The van der Waals surface area contributed by atoms with Crippen LogP contribution < -0.4 is 5.32 Å². The van der Waals surface area contributed by atoms with Crippen molar-refractivity contribution >= 4 is 5.91 Å². The molecule has 1 aromatic rings. The summed E-state index contributed by atoms with van der Waals surface area (Å²) in [7, 11) is 0. The van der Waals surface area contributed by atoms with Crippen LogP contribution in [0.25, 0.3) is 0 Å². The Morgan fingerprint density at radius 3 is 2.91 bits per heavy atom. The third kappa shape index (κ3) is 5.45. The van der Waals surface area contributed by atoms with Gasteiger partial charge in [0.1, 0.15) is 0 Å². The Labute approximate surface area is 135 Å². The predicted molar refractivity (Wildman–Crippen MR) is 92.1 cm³/mol. The van der Waals surface area contributed by atoms with Gasteiger partial charge in [0.05, 0.1) is 6.42 Å². The highest BCUT2D eigenvalue weighted by molar-refractivity contribution is 5.78. The van der Waals surface area contributed by atoms with Crippen molar-refractivity contribution in [3.63, 3.8) is 0 Å². The Morgan fingerprint density at radius 2 is 2.18 bits per heavy atom. The maximum Gasteiger partial charge on any atom is 0.224 e. The molecule has 122 valence electrons. The van der Waals surface area contributed by atoms with Crippen LogP contribution in [0.3, 0.4) is 0 Å². The summed E-state index contributed by atoms with van der Waals surface area (Å²) in [5.41, 5.74) is 3.59. The summed E-state index contributed by atoms with van der Waals surface area (Å²) in [5, 5.41) is 3.06. The SMILES string of the molecule is Cc1ccc(CC(=O)NCCCN2CCC[C@H](C)C2)c(C)c1. The second-order valence-electron chi connectivity index (χ2n) is 6.86. The smallest absolute Gasteiger partial charge is 0.224 e. The predicted octanol–water partition coefficient (Wildman–Crippen LogP) is 3.08. The van der Waals surface area contributed by atoms with Gasteiger partial charge in [0.2, 0.25) is 5.91 Å². The highest BCUT2D eigenvalue weighted by Crippen LogP contribution is 2.15. The maximum atomic E-state index is 12.0. The molecular weight excluding hydrogens is 272 g/mol. The van der Waals surface area contributed by atoms with E-state index in [9.17, 15) is 4.79 Å². The molecule has 0 unspecified atom stereocenters. The van der Waals surface area contributed by atoms with Crippen LogP contribution in [-0.4, -0.2) is 37.0 Å². The molecule has 1 amide bonds. The molecule has 0 bridgehead atoms. The van der Waals surface area contributed by atoms with E-state index in [-0.39, 0.29) is 5.91 Å². The fourth-order valence-electron chi connectivity index (χ4n) is 3.30. The van der Waals surface area contributed by atoms with Gasteiger partial charge in [-0.25, -0.2) is 0 Å². The first-order chi connectivity index (χ1) is 10.5. The van der Waals surface area contributed by atoms with E-state index in [1.807, 2.05) is 0 Å². The van der Waals surface area contributed by atoms with Crippen molar-refractivity contribution in [2.24, 2.45) is 5.92 Å². The zero-order chi connectivity index (χ0) is 15.9. The second kappa shape index (κ2) is 8.33. The van der Waals surface area contributed by atoms with Crippen LogP contribution in [0.5, 0.6) is 0 Å². The molecule has 2 rings (SSSR count). The molecule has 1 atom stereocenters. The maximum absolute atomic E-state index is 12.0. The molecular formula is C19H30N2O. The summed E-state index contributed by atoms with van der Waals surface area (Å²) in [6.45, 7) is 10.8. The van der Waals surface area contributed by atoms with Crippen molar-refractivity contribution in [3.8, 4) is 0 Å². The molecule has 0 aromatic heterocycles. The van der Waals surface area contributed by atoms with Gasteiger partial charge in [-0.2, -0.15) is 0 Å². The minimum absolute atomic E-state index is 0.138. The molecule has 1 aliphatic heterocycles. The Kier molecular flexibility index (Phi) is 6.44. The van der Waals surface area contributed by atoms with Gasteiger partial charge in [0.15, 0.2) is 0 Å². The second-order valence-corrected chi connectivity index (χ2v) is 6.86. The van der Waals surface area contributed by atoms with Crippen molar-refractivity contribution in [1.82, 2.24) is 10.2 Å². The lowest BCUT2D eigenvalue weighted by Crippen LogP contribution is -2.36. The van der Waals surface area contributed by atoms with Gasteiger partial charge in [-0.3, -0.25) is 4.79 Å². The molecule has 1 heterocycles. The molecule has 1 aliphatic rings. The van der Waals surface area contributed by atoms with Crippen molar-refractivity contribution in [3.05, 3.63) is 34.9 Å². The third-order valence-corrected chi connectivity index (χ3v) is 4.56. The highest BCUT2D eigenvalue weighted by atomic mass is 16.1. The number of likely N-dealkylation sites (tertiary alicyclic amines) is 1. The number of hydrogen-bond donors (Lipinski definition) is 1. The average molecular weight is 302 g/mol. The quantitative estimate of drug-likeness (QED) is 0.819. The number of benzene rings is 1. The molecule has 1 N–H and O–H groups in total. The molecule has 0 spiro atoms. The largest absolute Gasteiger partial charge is 0.356 e. The van der Waals surface area contributed by atoms with Crippen molar-refractivity contribution in [2.75, 3.05) is 26.2 Å². The molecule has 22 heavy (non-hydrogen) atoms. The van der Waals surface area contributed by atoms with Gasteiger partial charge in [0.25, 0.3) is 0 Å². The van der Waals surface area contributed by atoms with Gasteiger partial charge >= 0.3 is 0 Å². The summed E-state index contributed by atoms with van der Waals surface area (Å²) < 4.78 is 0. The van der Waals surface area contributed by atoms with Crippen molar-refractivity contribution in [1.29, 1.82) is 0 Å². The van der Waals surface area contributed by atoms with Crippen LogP contribution in [0.1, 0.15) is 42.9 Å². The molecule has 1 saturated heterocycles. The fourth-order valence-corrected chi connectivity index (χ4v) is 3.30. The van der Waals surface area contributed by atoms with Gasteiger partial charge in [-0.1, -0.05) is 30.7 Å². The van der Waals surface area contributed by atoms with E-state index in [1.165, 1.54) is 37.1 Å². The number of carbonyl (C=O) groups is 1. The first kappa shape index (κ1) is 17.0. The van der Waals surface area contributed by atoms with E-state index in [1.54, 1.807) is 0 Å². The summed E-state index contributed by atoms with van der Waals surface area (Å²) in [4.78, 5) is 14.6. The molecule has 3 heteroatoms. The number of carbonyl (C=O) groups excluding carboxylic acids is 1. The average Bonchev–Trinajstić information content (AvgIpc) is 2.47. The molecule has 3 nitrogen and oxygen atoms in total. The summed E-state index contributed by atoms with van der Waals surface area (Å²) in [5.74, 6) is 0.965. The summed E-state index contributed by atoms with van der Waals surface area (Å²) in [6, 6.07) is 6.28. The highest BCUT2D eigenvalue weighted by Gasteiger charge is 2.15. The van der Waals surface area contributed by atoms with Crippen molar-refractivity contribution in [2.45, 2.75) is 46.5 Å². The zero-order valence-electron chi connectivity index (χ0n) is 14.3. The topological polar surface area (TPSA) is 32.3 Å². The molecule has 1 fully saturated rings. The van der Waals surface area contributed by atoms with Gasteiger partial charge in [0, 0.05) is 13.1 Å². The lowest BCUT2D eigenvalue weighted by Gasteiger charge is -2.30. The Morgan fingerprint density at radius 1 is 1.36 bits per heavy atom.